The smallest absolute Gasteiger partial charge is 0.338 e. The van der Waals surface area contributed by atoms with Crippen molar-refractivity contribution in [2.75, 3.05) is 6.61 Å². The van der Waals surface area contributed by atoms with E-state index in [9.17, 15) is 13.2 Å². The van der Waals surface area contributed by atoms with Crippen LogP contribution in [0.25, 0.3) is 0 Å². The first-order valence-electron chi connectivity index (χ1n) is 6.93. The predicted octanol–water partition coefficient (Wildman–Crippen LogP) is 3.00. The lowest BCUT2D eigenvalue weighted by atomic mass is 10.2. The van der Waals surface area contributed by atoms with Gasteiger partial charge in [-0.1, -0.05) is 23.7 Å². The minimum Gasteiger partial charge on any atom is -0.462 e. The zero-order valence-corrected chi connectivity index (χ0v) is 14.0. The second-order valence-electron chi connectivity index (χ2n) is 4.70. The SMILES string of the molecule is CCOC(=O)c1ccc(S(=O)(=O)NCc2cccc(Cl)c2)cc1. The molecule has 0 aliphatic carbocycles. The van der Waals surface area contributed by atoms with E-state index in [-0.39, 0.29) is 18.0 Å². The van der Waals surface area contributed by atoms with E-state index in [1.807, 2.05) is 0 Å². The Labute approximate surface area is 140 Å². The van der Waals surface area contributed by atoms with Gasteiger partial charge >= 0.3 is 5.97 Å². The van der Waals surface area contributed by atoms with Gasteiger partial charge in [-0.15, -0.1) is 0 Å². The largest absolute Gasteiger partial charge is 0.462 e. The van der Waals surface area contributed by atoms with E-state index in [1.165, 1.54) is 24.3 Å². The molecule has 23 heavy (non-hydrogen) atoms. The fraction of sp³-hybridized carbons (Fsp3) is 0.188. The third-order valence-corrected chi connectivity index (χ3v) is 4.68. The van der Waals surface area contributed by atoms with Crippen LogP contribution >= 0.6 is 11.6 Å². The minimum atomic E-state index is -3.67. The van der Waals surface area contributed by atoms with Crippen LogP contribution in [-0.2, 0) is 21.3 Å². The van der Waals surface area contributed by atoms with Gasteiger partial charge in [0, 0.05) is 11.6 Å². The number of rotatable bonds is 6. The van der Waals surface area contributed by atoms with Crippen LogP contribution in [0, 0.1) is 0 Å². The van der Waals surface area contributed by atoms with Crippen LogP contribution in [0.4, 0.5) is 0 Å². The third kappa shape index (κ3) is 4.79. The fourth-order valence-corrected chi connectivity index (χ4v) is 3.12. The van der Waals surface area contributed by atoms with Crippen LogP contribution in [0.5, 0.6) is 0 Å². The molecule has 0 saturated carbocycles. The second kappa shape index (κ2) is 7.59. The number of sulfonamides is 1. The molecular weight excluding hydrogens is 338 g/mol. The standard InChI is InChI=1S/C16H16ClNO4S/c1-2-22-16(19)13-6-8-15(9-7-13)23(20,21)18-11-12-4-3-5-14(17)10-12/h3-10,18H,2,11H2,1H3. The summed E-state index contributed by atoms with van der Waals surface area (Å²) in [6.45, 7) is 2.10. The first kappa shape index (κ1) is 17.5. The summed E-state index contributed by atoms with van der Waals surface area (Å²) in [6.07, 6.45) is 0. The molecule has 0 aliphatic rings. The summed E-state index contributed by atoms with van der Waals surface area (Å²) in [5, 5.41) is 0.542. The summed E-state index contributed by atoms with van der Waals surface area (Å²) in [5.74, 6) is -0.483. The number of hydrogen-bond donors (Lipinski definition) is 1. The first-order chi connectivity index (χ1) is 10.9. The molecule has 2 aromatic rings. The van der Waals surface area contributed by atoms with Crippen molar-refractivity contribution in [1.82, 2.24) is 4.72 Å². The molecule has 0 amide bonds. The number of halogens is 1. The fourth-order valence-electron chi connectivity index (χ4n) is 1.89. The van der Waals surface area contributed by atoms with E-state index in [4.69, 9.17) is 16.3 Å². The van der Waals surface area contributed by atoms with Gasteiger partial charge in [0.15, 0.2) is 0 Å². The summed E-state index contributed by atoms with van der Waals surface area (Å²) >= 11 is 5.86. The van der Waals surface area contributed by atoms with E-state index >= 15 is 0 Å². The first-order valence-corrected chi connectivity index (χ1v) is 8.80. The zero-order chi connectivity index (χ0) is 16.9. The Kier molecular flexibility index (Phi) is 5.76. The van der Waals surface area contributed by atoms with Gasteiger partial charge in [-0.05, 0) is 48.9 Å². The molecule has 7 heteroatoms. The highest BCUT2D eigenvalue weighted by atomic mass is 35.5. The average molecular weight is 354 g/mol. The van der Waals surface area contributed by atoms with E-state index < -0.39 is 16.0 Å². The second-order valence-corrected chi connectivity index (χ2v) is 6.90. The van der Waals surface area contributed by atoms with Crippen LogP contribution in [0.2, 0.25) is 5.02 Å². The Morgan fingerprint density at radius 1 is 1.17 bits per heavy atom. The number of nitrogens with one attached hydrogen (secondary N) is 1. The van der Waals surface area contributed by atoms with Crippen molar-refractivity contribution in [3.8, 4) is 0 Å². The maximum Gasteiger partial charge on any atom is 0.338 e. The van der Waals surface area contributed by atoms with Crippen LogP contribution in [0.15, 0.2) is 53.4 Å². The molecule has 0 aliphatic heterocycles. The number of benzene rings is 2. The van der Waals surface area contributed by atoms with E-state index in [1.54, 1.807) is 31.2 Å². The number of carbonyl (C=O) groups excluding carboxylic acids is 1. The number of ether oxygens (including phenoxy) is 1. The summed E-state index contributed by atoms with van der Waals surface area (Å²) in [7, 11) is -3.67. The zero-order valence-electron chi connectivity index (χ0n) is 12.5. The van der Waals surface area contributed by atoms with Gasteiger partial charge in [0.2, 0.25) is 10.0 Å². The molecule has 0 saturated heterocycles. The van der Waals surface area contributed by atoms with Crippen LogP contribution in [-0.4, -0.2) is 21.0 Å². The lowest BCUT2D eigenvalue weighted by Crippen LogP contribution is -2.23. The van der Waals surface area contributed by atoms with Crippen molar-refractivity contribution >= 4 is 27.6 Å². The summed E-state index contributed by atoms with van der Waals surface area (Å²) in [5.41, 5.74) is 1.06. The van der Waals surface area contributed by atoms with Gasteiger partial charge in [-0.25, -0.2) is 17.9 Å². The lowest BCUT2D eigenvalue weighted by Gasteiger charge is -2.08. The van der Waals surface area contributed by atoms with Gasteiger partial charge in [0.25, 0.3) is 0 Å². The van der Waals surface area contributed by atoms with Gasteiger partial charge in [-0.2, -0.15) is 0 Å². The summed E-state index contributed by atoms with van der Waals surface area (Å²) in [6, 6.07) is 12.5. The van der Waals surface area contributed by atoms with Gasteiger partial charge in [0.1, 0.15) is 0 Å². The molecule has 122 valence electrons. The Hall–Kier alpha value is -1.89. The van der Waals surface area contributed by atoms with E-state index in [0.717, 1.165) is 5.56 Å². The summed E-state index contributed by atoms with van der Waals surface area (Å²) in [4.78, 5) is 11.6. The van der Waals surface area contributed by atoms with Gasteiger partial charge in [-0.3, -0.25) is 0 Å². The molecule has 0 radical (unpaired) electrons. The van der Waals surface area contributed by atoms with Crippen molar-refractivity contribution in [2.24, 2.45) is 0 Å². The molecular formula is C16H16ClNO4S. The van der Waals surface area contributed by atoms with Gasteiger partial charge < -0.3 is 4.74 Å². The molecule has 5 nitrogen and oxygen atoms in total. The lowest BCUT2D eigenvalue weighted by molar-refractivity contribution is 0.0526. The van der Waals surface area contributed by atoms with Crippen LogP contribution < -0.4 is 4.72 Å². The summed E-state index contributed by atoms with van der Waals surface area (Å²) < 4.78 is 31.8. The van der Waals surface area contributed by atoms with Crippen molar-refractivity contribution in [1.29, 1.82) is 0 Å². The Morgan fingerprint density at radius 2 is 1.87 bits per heavy atom. The highest BCUT2D eigenvalue weighted by Gasteiger charge is 2.15. The molecule has 1 N–H and O–H groups in total. The number of carbonyl (C=O) groups is 1. The highest BCUT2D eigenvalue weighted by Crippen LogP contribution is 2.14. The average Bonchev–Trinajstić information content (AvgIpc) is 2.53. The maximum atomic E-state index is 12.2. The Bertz CT molecular complexity index is 788. The number of hydrogen-bond acceptors (Lipinski definition) is 4. The third-order valence-electron chi connectivity index (χ3n) is 3.03. The topological polar surface area (TPSA) is 72.5 Å². The number of esters is 1. The quantitative estimate of drug-likeness (QED) is 0.810. The normalized spacial score (nSPS) is 11.2. The molecule has 0 fully saturated rings. The molecule has 2 aromatic carbocycles. The Morgan fingerprint density at radius 3 is 2.48 bits per heavy atom. The predicted molar refractivity (Wildman–Crippen MR) is 87.9 cm³/mol. The van der Waals surface area contributed by atoms with Crippen molar-refractivity contribution in [2.45, 2.75) is 18.4 Å². The molecule has 0 spiro atoms. The van der Waals surface area contributed by atoms with Crippen molar-refractivity contribution in [3.05, 3.63) is 64.7 Å². The highest BCUT2D eigenvalue weighted by molar-refractivity contribution is 7.89. The Balaban J connectivity index is 2.08. The molecule has 0 unspecified atom stereocenters. The molecule has 0 heterocycles. The molecule has 0 atom stereocenters. The van der Waals surface area contributed by atoms with Gasteiger partial charge in [0.05, 0.1) is 17.1 Å². The monoisotopic (exact) mass is 353 g/mol. The molecule has 0 bridgehead atoms. The van der Waals surface area contributed by atoms with Crippen molar-refractivity contribution < 1.29 is 17.9 Å². The maximum absolute atomic E-state index is 12.2. The van der Waals surface area contributed by atoms with E-state index in [2.05, 4.69) is 4.72 Å². The minimum absolute atomic E-state index is 0.0765. The van der Waals surface area contributed by atoms with E-state index in [0.29, 0.717) is 10.6 Å². The molecule has 0 aromatic heterocycles. The van der Waals surface area contributed by atoms with Crippen molar-refractivity contribution in [3.63, 3.8) is 0 Å². The molecule has 2 rings (SSSR count). The van der Waals surface area contributed by atoms with Crippen LogP contribution in [0.3, 0.4) is 0 Å². The van der Waals surface area contributed by atoms with Crippen LogP contribution in [0.1, 0.15) is 22.8 Å².